The van der Waals surface area contributed by atoms with E-state index < -0.39 is 0 Å². The third kappa shape index (κ3) is 11.2. The summed E-state index contributed by atoms with van der Waals surface area (Å²) in [7, 11) is 0. The predicted octanol–water partition coefficient (Wildman–Crippen LogP) is -1.58. The van der Waals surface area contributed by atoms with Crippen molar-refractivity contribution in [1.29, 1.82) is 0 Å². The minimum absolute atomic E-state index is 0. The normalized spacial score (nSPS) is 9.00. The van der Waals surface area contributed by atoms with Gasteiger partial charge in [-0.05, 0) is 0 Å². The summed E-state index contributed by atoms with van der Waals surface area (Å²) in [6.45, 7) is 0.224. The summed E-state index contributed by atoms with van der Waals surface area (Å²) < 4.78 is 0. The van der Waals surface area contributed by atoms with Gasteiger partial charge in [-0.1, -0.05) is 5.64 Å². The second kappa shape index (κ2) is 12.0. The third-order valence-electron chi connectivity index (χ3n) is 0.505. The van der Waals surface area contributed by atoms with Crippen molar-refractivity contribution in [1.82, 2.24) is 5.64 Å². The Labute approximate surface area is 69.7 Å². The van der Waals surface area contributed by atoms with Crippen molar-refractivity contribution in [3.8, 4) is 0 Å². The van der Waals surface area contributed by atoms with Gasteiger partial charge in [0, 0.05) is 17.1 Å². The molecule has 0 saturated carbocycles. The molecule has 0 spiro atoms. The van der Waals surface area contributed by atoms with E-state index in [-0.39, 0.29) is 43.5 Å². The quantitative estimate of drug-likeness (QED) is 0.274. The van der Waals surface area contributed by atoms with Crippen LogP contribution in [0.4, 0.5) is 0 Å². The molecule has 0 bridgehead atoms. The van der Waals surface area contributed by atoms with Crippen molar-refractivity contribution < 1.29 is 37.0 Å². The van der Waals surface area contributed by atoms with Gasteiger partial charge in [0.05, 0.1) is 26.4 Å². The fraction of sp³-hybridized carbons (Fsp3) is 1.00. The molecule has 67 valence electrons. The Hall–Kier alpha value is 0.319. The number of nitrogens with one attached hydrogen (secondary N) is 1. The van der Waals surface area contributed by atoms with Crippen LogP contribution in [0.15, 0.2) is 0 Å². The van der Waals surface area contributed by atoms with Crippen LogP contribution >= 0.6 is 0 Å². The van der Waals surface area contributed by atoms with E-state index in [4.69, 9.17) is 10.2 Å². The Morgan fingerprint density at radius 2 is 1.40 bits per heavy atom. The molecule has 1 radical (unpaired) electrons. The maximum atomic E-state index is 8.15. The average Bonchev–Trinajstić information content (AvgIpc) is 1.89. The molecule has 0 aliphatic heterocycles. The summed E-state index contributed by atoms with van der Waals surface area (Å²) in [5.41, 5.74) is 2.07. The van der Waals surface area contributed by atoms with Crippen molar-refractivity contribution in [2.75, 3.05) is 26.4 Å². The van der Waals surface area contributed by atoms with E-state index in [9.17, 15) is 0 Å². The minimum Gasteiger partial charge on any atom is -0.394 e. The zero-order chi connectivity index (χ0) is 6.95. The van der Waals surface area contributed by atoms with Crippen LogP contribution in [0, 0.1) is 0 Å². The Kier molecular flexibility index (Phi) is 15.6. The smallest absolute Gasteiger partial charge is 0.0940 e. The number of aliphatic hydroxyl groups excluding tert-OH is 2. The molecule has 0 fully saturated rings. The zero-order valence-electron chi connectivity index (χ0n) is 5.34. The van der Waals surface area contributed by atoms with Gasteiger partial charge in [-0.3, -0.25) is 9.68 Å². The summed E-state index contributed by atoms with van der Waals surface area (Å²) in [5, 5.41) is 16.3. The first-order chi connectivity index (χ1) is 4.41. The first-order valence-electron chi connectivity index (χ1n) is 2.62. The SMILES string of the molecule is OCCONOCCO.[Cu]. The van der Waals surface area contributed by atoms with Gasteiger partial charge in [-0.25, -0.2) is 0 Å². The van der Waals surface area contributed by atoms with E-state index in [1.807, 2.05) is 0 Å². The summed E-state index contributed by atoms with van der Waals surface area (Å²) in [5.74, 6) is 0. The van der Waals surface area contributed by atoms with E-state index in [2.05, 4.69) is 15.3 Å². The molecular weight excluding hydrogens is 190 g/mol. The molecule has 0 aromatic rings. The average molecular weight is 201 g/mol. The van der Waals surface area contributed by atoms with Crippen LogP contribution in [0.5, 0.6) is 0 Å². The van der Waals surface area contributed by atoms with E-state index in [1.165, 1.54) is 0 Å². The van der Waals surface area contributed by atoms with Crippen molar-refractivity contribution in [3.63, 3.8) is 0 Å². The second-order valence-corrected chi connectivity index (χ2v) is 1.23. The number of hydrogen-bond donors (Lipinski definition) is 3. The number of rotatable bonds is 6. The molecule has 0 aliphatic carbocycles. The topological polar surface area (TPSA) is 71.0 Å². The minimum atomic E-state index is -0.0600. The van der Waals surface area contributed by atoms with E-state index in [0.717, 1.165) is 0 Å². The maximum Gasteiger partial charge on any atom is 0.0940 e. The van der Waals surface area contributed by atoms with Crippen LogP contribution in [0.25, 0.3) is 0 Å². The van der Waals surface area contributed by atoms with Crippen LogP contribution in [0.1, 0.15) is 0 Å². The van der Waals surface area contributed by atoms with E-state index >= 15 is 0 Å². The summed E-state index contributed by atoms with van der Waals surface area (Å²) >= 11 is 0. The van der Waals surface area contributed by atoms with Gasteiger partial charge in [0.1, 0.15) is 0 Å². The van der Waals surface area contributed by atoms with E-state index in [0.29, 0.717) is 0 Å². The first kappa shape index (κ1) is 12.9. The van der Waals surface area contributed by atoms with Gasteiger partial charge in [0.15, 0.2) is 0 Å². The molecule has 0 aromatic carbocycles. The van der Waals surface area contributed by atoms with Crippen LogP contribution in [0.2, 0.25) is 0 Å². The molecule has 0 heterocycles. The summed E-state index contributed by atoms with van der Waals surface area (Å²) in [6, 6.07) is 0. The van der Waals surface area contributed by atoms with Crippen LogP contribution in [-0.4, -0.2) is 36.6 Å². The summed E-state index contributed by atoms with van der Waals surface area (Å²) in [4.78, 5) is 8.90. The van der Waals surface area contributed by atoms with Crippen molar-refractivity contribution in [2.24, 2.45) is 0 Å². The Balaban J connectivity index is 0. The molecule has 0 atom stereocenters. The largest absolute Gasteiger partial charge is 0.394 e. The fourth-order valence-electron chi connectivity index (χ4n) is 0.216. The van der Waals surface area contributed by atoms with Gasteiger partial charge >= 0.3 is 0 Å². The van der Waals surface area contributed by atoms with Crippen molar-refractivity contribution in [2.45, 2.75) is 0 Å². The Morgan fingerprint density at radius 3 is 1.70 bits per heavy atom. The van der Waals surface area contributed by atoms with Gasteiger partial charge in [0.25, 0.3) is 0 Å². The molecule has 0 saturated heterocycles. The van der Waals surface area contributed by atoms with Crippen LogP contribution in [0.3, 0.4) is 0 Å². The van der Waals surface area contributed by atoms with Gasteiger partial charge < -0.3 is 10.2 Å². The molecule has 0 aliphatic rings. The molecular formula is C4H11CuNO4. The van der Waals surface area contributed by atoms with Crippen molar-refractivity contribution in [3.05, 3.63) is 0 Å². The molecule has 0 amide bonds. The zero-order valence-corrected chi connectivity index (χ0v) is 6.28. The third-order valence-corrected chi connectivity index (χ3v) is 0.505. The molecule has 0 rings (SSSR count). The monoisotopic (exact) mass is 200 g/mol. The fourth-order valence-corrected chi connectivity index (χ4v) is 0.216. The van der Waals surface area contributed by atoms with Gasteiger partial charge in [-0.2, -0.15) is 0 Å². The molecule has 10 heavy (non-hydrogen) atoms. The van der Waals surface area contributed by atoms with Crippen LogP contribution in [-0.2, 0) is 26.7 Å². The molecule has 5 nitrogen and oxygen atoms in total. The molecule has 6 heteroatoms. The van der Waals surface area contributed by atoms with Gasteiger partial charge in [0.2, 0.25) is 0 Å². The molecule has 3 N–H and O–H groups in total. The molecule has 0 aromatic heterocycles. The number of hydrogen-bond acceptors (Lipinski definition) is 5. The Bertz CT molecular complexity index is 50.5. The maximum absolute atomic E-state index is 8.15. The standard InChI is InChI=1S/C4H11NO4.Cu/c6-1-3-8-5-9-4-2-7;/h5-7H,1-4H2;. The van der Waals surface area contributed by atoms with Gasteiger partial charge in [-0.15, -0.1) is 0 Å². The molecule has 0 unspecified atom stereocenters. The van der Waals surface area contributed by atoms with Crippen molar-refractivity contribution >= 4 is 0 Å². The first-order valence-corrected chi connectivity index (χ1v) is 2.62. The van der Waals surface area contributed by atoms with Crippen LogP contribution < -0.4 is 5.64 Å². The van der Waals surface area contributed by atoms with E-state index in [1.54, 1.807) is 0 Å². The second-order valence-electron chi connectivity index (χ2n) is 1.23. The summed E-state index contributed by atoms with van der Waals surface area (Å²) in [6.07, 6.45) is 0. The Morgan fingerprint density at radius 1 is 1.00 bits per heavy atom. The number of aliphatic hydroxyl groups is 2. The predicted molar refractivity (Wildman–Crippen MR) is 29.2 cm³/mol.